The third-order valence-electron chi connectivity index (χ3n) is 2.51. The topological polar surface area (TPSA) is 105 Å². The van der Waals surface area contributed by atoms with Crippen molar-refractivity contribution in [3.8, 4) is 6.07 Å². The first-order valence-electron chi connectivity index (χ1n) is 5.19. The third-order valence-corrected chi connectivity index (χ3v) is 2.51. The van der Waals surface area contributed by atoms with Gasteiger partial charge in [0.25, 0.3) is 0 Å². The second kappa shape index (κ2) is 6.08. The number of nitriles is 1. The molecule has 3 N–H and O–H groups in total. The molecule has 88 valence electrons. The number of carbonyl (C=O) groups is 2. The summed E-state index contributed by atoms with van der Waals surface area (Å²) in [6, 6.07) is 1.16. The number of primary amides is 1. The average Bonchev–Trinajstić information content (AvgIpc) is 2.76. The van der Waals surface area contributed by atoms with E-state index in [1.165, 1.54) is 0 Å². The average molecular weight is 225 g/mol. The Hall–Kier alpha value is -1.61. The summed E-state index contributed by atoms with van der Waals surface area (Å²) < 4.78 is 5.07. The van der Waals surface area contributed by atoms with E-state index in [-0.39, 0.29) is 24.7 Å². The fourth-order valence-electron chi connectivity index (χ4n) is 1.53. The summed E-state index contributed by atoms with van der Waals surface area (Å²) in [7, 11) is 0. The Morgan fingerprint density at radius 2 is 2.38 bits per heavy atom. The van der Waals surface area contributed by atoms with Gasteiger partial charge in [-0.3, -0.25) is 9.59 Å². The fourth-order valence-corrected chi connectivity index (χ4v) is 1.53. The van der Waals surface area contributed by atoms with Crippen molar-refractivity contribution in [2.24, 2.45) is 11.7 Å². The predicted octanol–water partition coefficient (Wildman–Crippen LogP) is -0.703. The highest BCUT2D eigenvalue weighted by atomic mass is 16.5. The molecular weight excluding hydrogens is 210 g/mol. The molecule has 6 nitrogen and oxygen atoms in total. The van der Waals surface area contributed by atoms with Gasteiger partial charge in [0, 0.05) is 13.0 Å². The Bertz CT molecular complexity index is 305. The van der Waals surface area contributed by atoms with E-state index in [1.54, 1.807) is 0 Å². The molecule has 2 atom stereocenters. The lowest BCUT2D eigenvalue weighted by Crippen LogP contribution is -2.46. The molecule has 0 aromatic rings. The van der Waals surface area contributed by atoms with Crippen LogP contribution in [0.4, 0.5) is 0 Å². The molecular formula is C10H15N3O3. The van der Waals surface area contributed by atoms with Gasteiger partial charge in [0.15, 0.2) is 0 Å². The van der Waals surface area contributed by atoms with Gasteiger partial charge >= 0.3 is 0 Å². The monoisotopic (exact) mass is 225 g/mol. The van der Waals surface area contributed by atoms with Gasteiger partial charge in [-0.2, -0.15) is 5.26 Å². The van der Waals surface area contributed by atoms with Crippen LogP contribution in [-0.2, 0) is 14.3 Å². The van der Waals surface area contributed by atoms with Gasteiger partial charge in [-0.1, -0.05) is 0 Å². The lowest BCUT2D eigenvalue weighted by Gasteiger charge is -2.16. The Morgan fingerprint density at radius 1 is 1.62 bits per heavy atom. The Labute approximate surface area is 93.7 Å². The van der Waals surface area contributed by atoms with Gasteiger partial charge in [-0.05, 0) is 12.8 Å². The first-order valence-corrected chi connectivity index (χ1v) is 5.19. The van der Waals surface area contributed by atoms with Crippen LogP contribution in [0.5, 0.6) is 0 Å². The number of rotatable bonds is 5. The lowest BCUT2D eigenvalue weighted by molar-refractivity contribution is -0.130. The van der Waals surface area contributed by atoms with E-state index in [0.717, 1.165) is 0 Å². The van der Waals surface area contributed by atoms with Crippen LogP contribution in [-0.4, -0.2) is 31.1 Å². The third kappa shape index (κ3) is 3.51. The Balaban J connectivity index is 2.44. The van der Waals surface area contributed by atoms with Crippen molar-refractivity contribution in [1.29, 1.82) is 5.26 Å². The number of nitrogens with two attached hydrogens (primary N) is 1. The number of nitrogens with zero attached hydrogens (tertiary/aromatic N) is 1. The largest absolute Gasteiger partial charge is 0.381 e. The maximum absolute atomic E-state index is 11.6. The summed E-state index contributed by atoms with van der Waals surface area (Å²) in [4.78, 5) is 22.7. The first-order chi connectivity index (χ1) is 7.65. The standard InChI is InChI=1S/C10H15N3O3/c11-4-1-2-8(9(12)14)13-10(15)7-3-5-16-6-7/h7-8H,1-3,5-6H2,(H2,12,14)(H,13,15)/t7-,8-/m1/s1. The SMILES string of the molecule is N#CCC[C@@H](NC(=O)[C@@H]1CCOC1)C(N)=O. The molecule has 0 spiro atoms. The van der Waals surface area contributed by atoms with Crippen LogP contribution < -0.4 is 11.1 Å². The summed E-state index contributed by atoms with van der Waals surface area (Å²) in [5, 5.41) is 11.0. The van der Waals surface area contributed by atoms with Crippen LogP contribution >= 0.6 is 0 Å². The molecule has 1 aliphatic rings. The molecule has 1 heterocycles. The minimum atomic E-state index is -0.757. The van der Waals surface area contributed by atoms with Crippen LogP contribution in [0.15, 0.2) is 0 Å². The summed E-state index contributed by atoms with van der Waals surface area (Å²) in [5.41, 5.74) is 5.13. The second-order valence-electron chi connectivity index (χ2n) is 3.72. The van der Waals surface area contributed by atoms with E-state index >= 15 is 0 Å². The number of hydrogen-bond donors (Lipinski definition) is 2. The van der Waals surface area contributed by atoms with Gasteiger partial charge < -0.3 is 15.8 Å². The van der Waals surface area contributed by atoms with E-state index in [4.69, 9.17) is 15.7 Å². The maximum atomic E-state index is 11.6. The van der Waals surface area contributed by atoms with E-state index < -0.39 is 11.9 Å². The van der Waals surface area contributed by atoms with Crippen molar-refractivity contribution in [2.75, 3.05) is 13.2 Å². The predicted molar refractivity (Wildman–Crippen MR) is 54.9 cm³/mol. The smallest absolute Gasteiger partial charge is 0.240 e. The summed E-state index contributed by atoms with van der Waals surface area (Å²) in [6.07, 6.45) is 1.11. The van der Waals surface area contributed by atoms with Crippen molar-refractivity contribution < 1.29 is 14.3 Å². The fraction of sp³-hybridized carbons (Fsp3) is 0.700. The molecule has 0 aromatic carbocycles. The van der Waals surface area contributed by atoms with E-state index in [2.05, 4.69) is 5.32 Å². The van der Waals surface area contributed by atoms with Crippen LogP contribution in [0.1, 0.15) is 19.3 Å². The summed E-state index contributed by atoms with van der Waals surface area (Å²) in [5.74, 6) is -1.04. The normalized spacial score (nSPS) is 21.1. The van der Waals surface area contributed by atoms with E-state index in [9.17, 15) is 9.59 Å². The number of nitrogens with one attached hydrogen (secondary N) is 1. The highest BCUT2D eigenvalue weighted by molar-refractivity contribution is 5.87. The summed E-state index contributed by atoms with van der Waals surface area (Å²) in [6.45, 7) is 0.951. The molecule has 1 aliphatic heterocycles. The van der Waals surface area contributed by atoms with Gasteiger partial charge in [0.05, 0.1) is 18.6 Å². The second-order valence-corrected chi connectivity index (χ2v) is 3.72. The molecule has 0 aliphatic carbocycles. The van der Waals surface area contributed by atoms with E-state index in [0.29, 0.717) is 19.6 Å². The Kier molecular flexibility index (Phi) is 4.73. The van der Waals surface area contributed by atoms with Crippen LogP contribution in [0, 0.1) is 17.2 Å². The van der Waals surface area contributed by atoms with Gasteiger partial charge in [0.1, 0.15) is 6.04 Å². The number of carbonyl (C=O) groups excluding carboxylic acids is 2. The quantitative estimate of drug-likeness (QED) is 0.645. The van der Waals surface area contributed by atoms with Gasteiger partial charge in [-0.15, -0.1) is 0 Å². The van der Waals surface area contributed by atoms with E-state index in [1.807, 2.05) is 6.07 Å². The molecule has 0 unspecified atom stereocenters. The van der Waals surface area contributed by atoms with Crippen molar-refractivity contribution in [3.63, 3.8) is 0 Å². The number of hydrogen-bond acceptors (Lipinski definition) is 4. The van der Waals surface area contributed by atoms with Gasteiger partial charge in [-0.25, -0.2) is 0 Å². The van der Waals surface area contributed by atoms with Crippen molar-refractivity contribution in [1.82, 2.24) is 5.32 Å². The maximum Gasteiger partial charge on any atom is 0.240 e. The molecule has 1 saturated heterocycles. The zero-order valence-electron chi connectivity index (χ0n) is 8.94. The van der Waals surface area contributed by atoms with Crippen LogP contribution in [0.2, 0.25) is 0 Å². The highest BCUT2D eigenvalue weighted by Crippen LogP contribution is 2.12. The first kappa shape index (κ1) is 12.5. The number of ether oxygens (including phenoxy) is 1. The molecule has 6 heteroatoms. The minimum Gasteiger partial charge on any atom is -0.381 e. The molecule has 16 heavy (non-hydrogen) atoms. The number of amides is 2. The van der Waals surface area contributed by atoms with Crippen LogP contribution in [0.3, 0.4) is 0 Å². The minimum absolute atomic E-state index is 0.190. The zero-order chi connectivity index (χ0) is 12.0. The summed E-state index contributed by atoms with van der Waals surface area (Å²) >= 11 is 0. The molecule has 0 saturated carbocycles. The molecule has 0 radical (unpaired) electrons. The van der Waals surface area contributed by atoms with Crippen molar-refractivity contribution >= 4 is 11.8 Å². The molecule has 0 bridgehead atoms. The van der Waals surface area contributed by atoms with Crippen LogP contribution in [0.25, 0.3) is 0 Å². The lowest BCUT2D eigenvalue weighted by atomic mass is 10.1. The van der Waals surface area contributed by atoms with Gasteiger partial charge in [0.2, 0.25) is 11.8 Å². The molecule has 1 rings (SSSR count). The molecule has 0 aromatic heterocycles. The van der Waals surface area contributed by atoms with Crippen molar-refractivity contribution in [2.45, 2.75) is 25.3 Å². The zero-order valence-corrected chi connectivity index (χ0v) is 8.94. The van der Waals surface area contributed by atoms with Crippen molar-refractivity contribution in [3.05, 3.63) is 0 Å². The highest BCUT2D eigenvalue weighted by Gasteiger charge is 2.26. The Morgan fingerprint density at radius 3 is 2.88 bits per heavy atom. The molecule has 1 fully saturated rings. The molecule has 2 amide bonds.